The molecule has 0 spiro atoms. The number of fused-ring (bicyclic) bond motifs is 1. The molecule has 1 heterocycles. The van der Waals surface area contributed by atoms with E-state index in [9.17, 15) is 9.59 Å². The van der Waals surface area contributed by atoms with Gasteiger partial charge in [0.1, 0.15) is 11.6 Å². The number of rotatable bonds is 4. The second-order valence-corrected chi connectivity index (χ2v) is 6.28. The SMILES string of the molecule is CCC(=O)Oc1ccc(-c2nc3ccccc3c(=O)n2-c2ccccc2)cc1. The molecule has 5 heteroatoms. The van der Waals surface area contributed by atoms with Crippen molar-refractivity contribution in [2.24, 2.45) is 0 Å². The lowest BCUT2D eigenvalue weighted by Crippen LogP contribution is -2.21. The highest BCUT2D eigenvalue weighted by molar-refractivity contribution is 5.80. The van der Waals surface area contributed by atoms with Gasteiger partial charge < -0.3 is 4.74 Å². The van der Waals surface area contributed by atoms with Crippen LogP contribution in [0.4, 0.5) is 0 Å². The molecule has 4 rings (SSSR count). The van der Waals surface area contributed by atoms with Gasteiger partial charge in [-0.2, -0.15) is 0 Å². The summed E-state index contributed by atoms with van der Waals surface area (Å²) in [6.07, 6.45) is 0.307. The molecule has 0 amide bonds. The van der Waals surface area contributed by atoms with Crippen molar-refractivity contribution in [1.82, 2.24) is 9.55 Å². The third-order valence-electron chi connectivity index (χ3n) is 4.42. The van der Waals surface area contributed by atoms with E-state index in [1.54, 1.807) is 41.8 Å². The van der Waals surface area contributed by atoms with Crippen LogP contribution >= 0.6 is 0 Å². The quantitative estimate of drug-likeness (QED) is 0.395. The summed E-state index contributed by atoms with van der Waals surface area (Å²) < 4.78 is 6.84. The standard InChI is InChI=1S/C23H18N2O3/c1-2-21(26)28-18-14-12-16(13-15-18)22-24-20-11-7-6-10-19(20)23(27)25(22)17-8-4-3-5-9-17/h3-15H,2H2,1H3. The Morgan fingerprint density at radius 3 is 2.32 bits per heavy atom. The molecular weight excluding hydrogens is 352 g/mol. The first kappa shape index (κ1) is 17.7. The summed E-state index contributed by atoms with van der Waals surface area (Å²) in [4.78, 5) is 29.5. The number of hydrogen-bond acceptors (Lipinski definition) is 4. The maximum atomic E-state index is 13.2. The zero-order valence-corrected chi connectivity index (χ0v) is 15.3. The number of esters is 1. The van der Waals surface area contributed by atoms with Crippen LogP contribution in [0, 0.1) is 0 Å². The Hall–Kier alpha value is -3.73. The predicted molar refractivity (Wildman–Crippen MR) is 109 cm³/mol. The van der Waals surface area contributed by atoms with Crippen molar-refractivity contribution in [1.29, 1.82) is 0 Å². The van der Waals surface area contributed by atoms with Crippen LogP contribution in [0.5, 0.6) is 5.75 Å². The first-order chi connectivity index (χ1) is 13.7. The molecule has 138 valence electrons. The molecule has 0 aliphatic carbocycles. The maximum absolute atomic E-state index is 13.2. The van der Waals surface area contributed by atoms with Crippen molar-refractivity contribution < 1.29 is 9.53 Å². The molecule has 0 saturated heterocycles. The van der Waals surface area contributed by atoms with Crippen LogP contribution in [-0.2, 0) is 4.79 Å². The number of nitrogens with zero attached hydrogens (tertiary/aromatic N) is 2. The summed E-state index contributed by atoms with van der Waals surface area (Å²) in [5.74, 6) is 0.700. The van der Waals surface area contributed by atoms with Gasteiger partial charge in [-0.1, -0.05) is 37.3 Å². The number of aromatic nitrogens is 2. The van der Waals surface area contributed by atoms with Gasteiger partial charge in [0, 0.05) is 12.0 Å². The molecule has 3 aromatic carbocycles. The molecule has 0 saturated carbocycles. The Bertz CT molecular complexity index is 1200. The van der Waals surface area contributed by atoms with E-state index in [4.69, 9.17) is 9.72 Å². The molecule has 0 atom stereocenters. The number of para-hydroxylation sites is 2. The molecule has 0 unspecified atom stereocenters. The summed E-state index contributed by atoms with van der Waals surface area (Å²) in [5, 5.41) is 0.559. The normalized spacial score (nSPS) is 10.8. The predicted octanol–water partition coefficient (Wildman–Crippen LogP) is 4.37. The third-order valence-corrected chi connectivity index (χ3v) is 4.42. The fourth-order valence-corrected chi connectivity index (χ4v) is 3.02. The molecule has 0 N–H and O–H groups in total. The monoisotopic (exact) mass is 370 g/mol. The zero-order valence-electron chi connectivity index (χ0n) is 15.3. The smallest absolute Gasteiger partial charge is 0.310 e. The second kappa shape index (κ2) is 7.48. The van der Waals surface area contributed by atoms with Gasteiger partial charge in [-0.25, -0.2) is 4.98 Å². The van der Waals surface area contributed by atoms with Crippen LogP contribution in [0.25, 0.3) is 28.0 Å². The topological polar surface area (TPSA) is 61.2 Å². The Balaban J connectivity index is 1.91. The lowest BCUT2D eigenvalue weighted by molar-refractivity contribution is -0.134. The van der Waals surface area contributed by atoms with Crippen molar-refractivity contribution >= 4 is 16.9 Å². The van der Waals surface area contributed by atoms with Crippen LogP contribution in [0.15, 0.2) is 83.7 Å². The summed E-state index contributed by atoms with van der Waals surface area (Å²) in [6, 6.07) is 23.7. The average Bonchev–Trinajstić information content (AvgIpc) is 2.75. The van der Waals surface area contributed by atoms with Gasteiger partial charge in [0.05, 0.1) is 16.6 Å². The summed E-state index contributed by atoms with van der Waals surface area (Å²) >= 11 is 0. The van der Waals surface area contributed by atoms with Crippen molar-refractivity contribution in [2.45, 2.75) is 13.3 Å². The third kappa shape index (κ3) is 3.30. The van der Waals surface area contributed by atoms with E-state index >= 15 is 0 Å². The number of benzene rings is 3. The Morgan fingerprint density at radius 1 is 0.929 bits per heavy atom. The van der Waals surface area contributed by atoms with E-state index < -0.39 is 0 Å². The van der Waals surface area contributed by atoms with E-state index in [-0.39, 0.29) is 11.5 Å². The zero-order chi connectivity index (χ0) is 19.5. The number of ether oxygens (including phenoxy) is 1. The largest absolute Gasteiger partial charge is 0.427 e. The second-order valence-electron chi connectivity index (χ2n) is 6.28. The highest BCUT2D eigenvalue weighted by Gasteiger charge is 2.14. The summed E-state index contributed by atoms with van der Waals surface area (Å²) in [6.45, 7) is 1.74. The molecule has 1 aromatic heterocycles. The van der Waals surface area contributed by atoms with Crippen molar-refractivity contribution in [3.05, 3.63) is 89.2 Å². The van der Waals surface area contributed by atoms with Crippen molar-refractivity contribution in [3.63, 3.8) is 0 Å². The van der Waals surface area contributed by atoms with E-state index in [1.807, 2.05) is 48.5 Å². The Labute approximate surface area is 161 Å². The average molecular weight is 370 g/mol. The highest BCUT2D eigenvalue weighted by atomic mass is 16.5. The molecule has 0 bridgehead atoms. The van der Waals surface area contributed by atoms with Crippen LogP contribution < -0.4 is 10.3 Å². The van der Waals surface area contributed by atoms with Gasteiger partial charge in [0.2, 0.25) is 0 Å². The van der Waals surface area contributed by atoms with Gasteiger partial charge in [-0.05, 0) is 48.5 Å². The van der Waals surface area contributed by atoms with E-state index in [2.05, 4.69) is 0 Å². The maximum Gasteiger partial charge on any atom is 0.310 e. The molecule has 28 heavy (non-hydrogen) atoms. The molecule has 0 fully saturated rings. The minimum absolute atomic E-state index is 0.131. The fraction of sp³-hybridized carbons (Fsp3) is 0.0870. The molecule has 5 nitrogen and oxygen atoms in total. The van der Waals surface area contributed by atoms with Crippen LogP contribution in [0.2, 0.25) is 0 Å². The number of carbonyl (C=O) groups is 1. The van der Waals surface area contributed by atoms with Crippen LogP contribution in [0.3, 0.4) is 0 Å². The van der Waals surface area contributed by atoms with Crippen molar-refractivity contribution in [2.75, 3.05) is 0 Å². The molecular formula is C23H18N2O3. The Kier molecular flexibility index (Phi) is 4.72. The molecule has 0 aliphatic rings. The van der Waals surface area contributed by atoms with Crippen LogP contribution in [-0.4, -0.2) is 15.5 Å². The van der Waals surface area contributed by atoms with Crippen molar-refractivity contribution in [3.8, 4) is 22.8 Å². The summed E-state index contributed by atoms with van der Waals surface area (Å²) in [7, 11) is 0. The fourth-order valence-electron chi connectivity index (χ4n) is 3.02. The van der Waals surface area contributed by atoms with Gasteiger partial charge in [-0.15, -0.1) is 0 Å². The number of hydrogen-bond donors (Lipinski definition) is 0. The first-order valence-electron chi connectivity index (χ1n) is 9.05. The van der Waals surface area contributed by atoms with E-state index in [0.29, 0.717) is 28.9 Å². The highest BCUT2D eigenvalue weighted by Crippen LogP contribution is 2.24. The minimum atomic E-state index is -0.294. The lowest BCUT2D eigenvalue weighted by Gasteiger charge is -2.14. The van der Waals surface area contributed by atoms with Gasteiger partial charge in [-0.3, -0.25) is 14.2 Å². The summed E-state index contributed by atoms with van der Waals surface area (Å²) in [5.41, 5.74) is 2.00. The van der Waals surface area contributed by atoms with E-state index in [1.165, 1.54) is 0 Å². The van der Waals surface area contributed by atoms with E-state index in [0.717, 1.165) is 11.3 Å². The van der Waals surface area contributed by atoms with Gasteiger partial charge in [0.25, 0.3) is 5.56 Å². The van der Waals surface area contributed by atoms with Gasteiger partial charge >= 0.3 is 5.97 Å². The molecule has 4 aromatic rings. The first-order valence-corrected chi connectivity index (χ1v) is 9.05. The lowest BCUT2D eigenvalue weighted by atomic mass is 10.1. The molecule has 0 radical (unpaired) electrons. The number of carbonyl (C=O) groups excluding carboxylic acids is 1. The minimum Gasteiger partial charge on any atom is -0.427 e. The van der Waals surface area contributed by atoms with Crippen LogP contribution in [0.1, 0.15) is 13.3 Å². The Morgan fingerprint density at radius 2 is 1.61 bits per heavy atom. The van der Waals surface area contributed by atoms with Gasteiger partial charge in [0.15, 0.2) is 0 Å². The molecule has 0 aliphatic heterocycles.